The predicted octanol–water partition coefficient (Wildman–Crippen LogP) is 1.03. The Kier molecular flexibility index (Phi) is 5.40. The summed E-state index contributed by atoms with van der Waals surface area (Å²) in [5.41, 5.74) is 7.96. The van der Waals surface area contributed by atoms with Crippen molar-refractivity contribution in [1.82, 2.24) is 0 Å². The van der Waals surface area contributed by atoms with Gasteiger partial charge in [0.05, 0.1) is 29.5 Å². The smallest absolute Gasteiger partial charge is 0.450 e. The summed E-state index contributed by atoms with van der Waals surface area (Å²) in [4.78, 5) is 11.6. The van der Waals surface area contributed by atoms with Gasteiger partial charge in [-0.1, -0.05) is 18.2 Å². The molecule has 0 saturated carbocycles. The highest BCUT2D eigenvalue weighted by atomic mass is 32.2. The lowest BCUT2D eigenvalue weighted by atomic mass is 9.79. The molecular formula is C17H19BN2O6S. The van der Waals surface area contributed by atoms with Crippen LogP contribution >= 0.6 is 0 Å². The minimum absolute atomic E-state index is 0.0537. The van der Waals surface area contributed by atoms with E-state index in [0.717, 1.165) is 5.56 Å². The number of nitrogens with two attached hydrogens (primary N) is 1. The number of nitrogen functional groups attached to an aromatic ring is 1. The first kappa shape index (κ1) is 19.2. The van der Waals surface area contributed by atoms with E-state index in [1.165, 1.54) is 18.2 Å². The van der Waals surface area contributed by atoms with Gasteiger partial charge in [0, 0.05) is 5.69 Å². The lowest BCUT2D eigenvalue weighted by Gasteiger charge is -2.13. The topological polar surface area (TPSA) is 128 Å². The van der Waals surface area contributed by atoms with Gasteiger partial charge >= 0.3 is 13.2 Å². The monoisotopic (exact) mass is 390 g/mol. The SMILES string of the molecule is CCOC(=O)Nc1cc(N)ccc1S(=O)(=O)Cc1ccc2c(c1)B(O)OC2. The maximum absolute atomic E-state index is 12.9. The maximum Gasteiger partial charge on any atom is 0.491 e. The zero-order valence-electron chi connectivity index (χ0n) is 14.6. The van der Waals surface area contributed by atoms with E-state index >= 15 is 0 Å². The van der Waals surface area contributed by atoms with E-state index in [4.69, 9.17) is 15.1 Å². The minimum Gasteiger partial charge on any atom is -0.450 e. The Hall–Kier alpha value is -2.56. The van der Waals surface area contributed by atoms with Gasteiger partial charge in [-0.2, -0.15) is 0 Å². The number of sulfone groups is 1. The molecule has 0 atom stereocenters. The molecule has 0 aliphatic carbocycles. The Labute approximate surface area is 157 Å². The maximum atomic E-state index is 12.9. The van der Waals surface area contributed by atoms with Gasteiger partial charge in [-0.05, 0) is 41.7 Å². The van der Waals surface area contributed by atoms with Crippen LogP contribution in [0.25, 0.3) is 0 Å². The molecule has 27 heavy (non-hydrogen) atoms. The van der Waals surface area contributed by atoms with Gasteiger partial charge in [0.2, 0.25) is 0 Å². The molecule has 0 aromatic heterocycles. The number of fused-ring (bicyclic) bond motifs is 1. The van der Waals surface area contributed by atoms with Crippen LogP contribution in [0.1, 0.15) is 18.1 Å². The molecule has 0 fully saturated rings. The summed E-state index contributed by atoms with van der Waals surface area (Å²) in [5, 5.41) is 12.2. The van der Waals surface area contributed by atoms with Crippen LogP contribution in [0, 0.1) is 0 Å². The number of hydrogen-bond acceptors (Lipinski definition) is 7. The van der Waals surface area contributed by atoms with Crippen molar-refractivity contribution in [3.8, 4) is 0 Å². The Morgan fingerprint density at radius 3 is 2.85 bits per heavy atom. The first-order chi connectivity index (χ1) is 12.8. The number of rotatable bonds is 5. The van der Waals surface area contributed by atoms with E-state index < -0.39 is 23.0 Å². The van der Waals surface area contributed by atoms with Gasteiger partial charge in [-0.15, -0.1) is 0 Å². The lowest BCUT2D eigenvalue weighted by Crippen LogP contribution is -2.28. The van der Waals surface area contributed by atoms with Crippen molar-refractivity contribution in [2.45, 2.75) is 24.2 Å². The molecule has 8 nitrogen and oxygen atoms in total. The predicted molar refractivity (Wildman–Crippen MR) is 101 cm³/mol. The fourth-order valence-electron chi connectivity index (χ4n) is 2.84. The van der Waals surface area contributed by atoms with Gasteiger partial charge in [-0.25, -0.2) is 13.2 Å². The molecule has 0 bridgehead atoms. The lowest BCUT2D eigenvalue weighted by molar-refractivity contribution is 0.168. The van der Waals surface area contributed by atoms with Crippen LogP contribution < -0.4 is 16.5 Å². The van der Waals surface area contributed by atoms with Crippen molar-refractivity contribution >= 4 is 39.9 Å². The number of carbonyl (C=O) groups excluding carboxylic acids is 1. The number of benzene rings is 2. The number of amides is 1. The average Bonchev–Trinajstić information content (AvgIpc) is 2.95. The molecule has 1 amide bonds. The summed E-state index contributed by atoms with van der Waals surface area (Å²) in [6.45, 7) is 2.08. The van der Waals surface area contributed by atoms with Crippen LogP contribution in [0.3, 0.4) is 0 Å². The molecule has 2 aromatic carbocycles. The van der Waals surface area contributed by atoms with Crippen molar-refractivity contribution in [2.75, 3.05) is 17.7 Å². The van der Waals surface area contributed by atoms with E-state index in [0.29, 0.717) is 16.7 Å². The second-order valence-electron chi connectivity index (χ2n) is 6.06. The van der Waals surface area contributed by atoms with Crippen LogP contribution in [-0.2, 0) is 31.6 Å². The summed E-state index contributed by atoms with van der Waals surface area (Å²) < 4.78 is 35.8. The zero-order chi connectivity index (χ0) is 19.6. The van der Waals surface area contributed by atoms with Gasteiger partial charge in [0.1, 0.15) is 0 Å². The van der Waals surface area contributed by atoms with Crippen molar-refractivity contribution in [1.29, 1.82) is 0 Å². The van der Waals surface area contributed by atoms with Crippen LogP contribution in [0.4, 0.5) is 16.2 Å². The highest BCUT2D eigenvalue weighted by Gasteiger charge is 2.28. The molecule has 1 heterocycles. The molecule has 1 aliphatic rings. The first-order valence-corrected chi connectivity index (χ1v) is 9.93. The van der Waals surface area contributed by atoms with E-state index in [9.17, 15) is 18.2 Å². The Balaban J connectivity index is 1.91. The second-order valence-corrected chi connectivity index (χ2v) is 8.01. The number of carbonyl (C=O) groups is 1. The number of nitrogens with one attached hydrogen (secondary N) is 1. The Bertz CT molecular complexity index is 979. The van der Waals surface area contributed by atoms with Crippen molar-refractivity contribution < 1.29 is 27.6 Å². The molecule has 3 rings (SSSR count). The third kappa shape index (κ3) is 4.24. The van der Waals surface area contributed by atoms with Gasteiger partial charge in [0.25, 0.3) is 0 Å². The fraction of sp³-hybridized carbons (Fsp3) is 0.235. The van der Waals surface area contributed by atoms with Gasteiger partial charge in [0.15, 0.2) is 9.84 Å². The zero-order valence-corrected chi connectivity index (χ0v) is 15.5. The van der Waals surface area contributed by atoms with Crippen molar-refractivity contribution in [3.63, 3.8) is 0 Å². The van der Waals surface area contributed by atoms with Gasteiger partial charge < -0.3 is 20.1 Å². The average molecular weight is 390 g/mol. The van der Waals surface area contributed by atoms with Crippen LogP contribution in [0.5, 0.6) is 0 Å². The standard InChI is InChI=1S/C17H19BN2O6S/c1-2-25-17(21)20-15-8-13(19)5-6-16(15)27(23,24)10-11-3-4-12-9-26-18(22)14(12)7-11/h3-8,22H,2,9-10,19H2,1H3,(H,20,21). The molecule has 2 aromatic rings. The first-order valence-electron chi connectivity index (χ1n) is 8.27. The van der Waals surface area contributed by atoms with E-state index in [-0.39, 0.29) is 29.5 Å². The van der Waals surface area contributed by atoms with Crippen molar-refractivity contribution in [2.24, 2.45) is 0 Å². The largest absolute Gasteiger partial charge is 0.491 e. The molecule has 0 unspecified atom stereocenters. The molecule has 0 radical (unpaired) electrons. The third-order valence-electron chi connectivity index (χ3n) is 4.08. The van der Waals surface area contributed by atoms with E-state index in [1.54, 1.807) is 25.1 Å². The molecule has 1 aliphatic heterocycles. The molecule has 142 valence electrons. The van der Waals surface area contributed by atoms with Gasteiger partial charge in [-0.3, -0.25) is 5.32 Å². The Morgan fingerprint density at radius 1 is 1.33 bits per heavy atom. The third-order valence-corrected chi connectivity index (χ3v) is 5.82. The molecule has 0 saturated heterocycles. The molecule has 4 N–H and O–H groups in total. The molecule has 10 heteroatoms. The second kappa shape index (κ2) is 7.59. The summed E-state index contributed by atoms with van der Waals surface area (Å²) in [6.07, 6.45) is -0.766. The van der Waals surface area contributed by atoms with E-state index in [1.807, 2.05) is 0 Å². The Morgan fingerprint density at radius 2 is 2.11 bits per heavy atom. The van der Waals surface area contributed by atoms with Crippen LogP contribution in [-0.4, -0.2) is 33.3 Å². The summed E-state index contributed by atoms with van der Waals surface area (Å²) in [7, 11) is -4.86. The number of ether oxygens (including phenoxy) is 1. The summed E-state index contributed by atoms with van der Waals surface area (Å²) in [6, 6.07) is 9.18. The quantitative estimate of drug-likeness (QED) is 0.514. The summed E-state index contributed by atoms with van der Waals surface area (Å²) >= 11 is 0. The summed E-state index contributed by atoms with van der Waals surface area (Å²) in [5.74, 6) is -0.311. The minimum atomic E-state index is -3.80. The number of hydrogen-bond donors (Lipinski definition) is 3. The fourth-order valence-corrected chi connectivity index (χ4v) is 4.34. The molecular weight excluding hydrogens is 371 g/mol. The van der Waals surface area contributed by atoms with E-state index in [2.05, 4.69) is 5.32 Å². The highest BCUT2D eigenvalue weighted by Crippen LogP contribution is 2.27. The van der Waals surface area contributed by atoms with Crippen LogP contribution in [0.2, 0.25) is 0 Å². The molecule has 0 spiro atoms. The highest BCUT2D eigenvalue weighted by molar-refractivity contribution is 7.90. The number of anilines is 2. The normalized spacial score (nSPS) is 13.3. The van der Waals surface area contributed by atoms with Crippen molar-refractivity contribution in [3.05, 3.63) is 47.5 Å². The van der Waals surface area contributed by atoms with Crippen LogP contribution in [0.15, 0.2) is 41.3 Å².